The molecule has 21 heavy (non-hydrogen) atoms. The van der Waals surface area contributed by atoms with Crippen LogP contribution >= 0.6 is 0 Å². The summed E-state index contributed by atoms with van der Waals surface area (Å²) in [6.07, 6.45) is 0. The summed E-state index contributed by atoms with van der Waals surface area (Å²) in [6, 6.07) is 11.9. The molecule has 0 aliphatic rings. The Morgan fingerprint density at radius 3 is 2.33 bits per heavy atom. The molecule has 0 saturated heterocycles. The van der Waals surface area contributed by atoms with Gasteiger partial charge in [-0.1, -0.05) is 29.8 Å². The van der Waals surface area contributed by atoms with Crippen molar-refractivity contribution in [2.24, 2.45) is 0 Å². The van der Waals surface area contributed by atoms with E-state index in [0.29, 0.717) is 11.5 Å². The molecule has 0 radical (unpaired) electrons. The molecule has 5 nitrogen and oxygen atoms in total. The second kappa shape index (κ2) is 5.01. The Bertz CT molecular complexity index is 781. The number of para-hydroxylation sites is 1. The SMILES string of the molecule is Cc1cc(C)c(-n2nnnc2-c2ccccc2N)c(C)c1. The molecule has 0 atom stereocenters. The van der Waals surface area contributed by atoms with Crippen LogP contribution in [0.25, 0.3) is 17.1 Å². The highest BCUT2D eigenvalue weighted by Gasteiger charge is 2.16. The summed E-state index contributed by atoms with van der Waals surface area (Å²) in [7, 11) is 0. The van der Waals surface area contributed by atoms with E-state index in [0.717, 1.165) is 22.4 Å². The molecular weight excluding hydrogens is 262 g/mol. The third-order valence-corrected chi connectivity index (χ3v) is 3.52. The smallest absolute Gasteiger partial charge is 0.189 e. The van der Waals surface area contributed by atoms with E-state index >= 15 is 0 Å². The fourth-order valence-corrected chi connectivity index (χ4v) is 2.71. The predicted octanol–water partition coefficient (Wildman–Crippen LogP) is 2.84. The Morgan fingerprint density at radius 2 is 1.67 bits per heavy atom. The van der Waals surface area contributed by atoms with Gasteiger partial charge >= 0.3 is 0 Å². The number of benzene rings is 2. The molecule has 0 spiro atoms. The number of rotatable bonds is 2. The van der Waals surface area contributed by atoms with Crippen LogP contribution in [-0.2, 0) is 0 Å². The van der Waals surface area contributed by atoms with Gasteiger partial charge in [-0.15, -0.1) is 5.10 Å². The van der Waals surface area contributed by atoms with E-state index in [1.54, 1.807) is 4.68 Å². The topological polar surface area (TPSA) is 69.6 Å². The maximum absolute atomic E-state index is 6.05. The van der Waals surface area contributed by atoms with Crippen molar-refractivity contribution in [1.29, 1.82) is 0 Å². The van der Waals surface area contributed by atoms with Crippen LogP contribution in [-0.4, -0.2) is 20.2 Å². The van der Waals surface area contributed by atoms with Crippen LogP contribution in [0.5, 0.6) is 0 Å². The van der Waals surface area contributed by atoms with Crippen LogP contribution in [0.3, 0.4) is 0 Å². The second-order valence-corrected chi connectivity index (χ2v) is 5.25. The molecule has 0 fully saturated rings. The zero-order chi connectivity index (χ0) is 15.0. The zero-order valence-corrected chi connectivity index (χ0v) is 12.3. The summed E-state index contributed by atoms with van der Waals surface area (Å²) < 4.78 is 1.76. The first-order valence-corrected chi connectivity index (χ1v) is 6.79. The van der Waals surface area contributed by atoms with E-state index in [1.165, 1.54) is 5.56 Å². The van der Waals surface area contributed by atoms with E-state index in [4.69, 9.17) is 5.73 Å². The van der Waals surface area contributed by atoms with Gasteiger partial charge in [0.05, 0.1) is 5.69 Å². The Kier molecular flexibility index (Phi) is 3.17. The van der Waals surface area contributed by atoms with Gasteiger partial charge in [0.15, 0.2) is 5.82 Å². The molecule has 0 bridgehead atoms. The first kappa shape index (κ1) is 13.3. The lowest BCUT2D eigenvalue weighted by Gasteiger charge is -2.13. The van der Waals surface area contributed by atoms with Crippen molar-refractivity contribution < 1.29 is 0 Å². The predicted molar refractivity (Wildman–Crippen MR) is 83.2 cm³/mol. The highest BCUT2D eigenvalue weighted by molar-refractivity contribution is 5.72. The molecule has 1 aromatic heterocycles. The standard InChI is InChI=1S/C16H17N5/c1-10-8-11(2)15(12(3)9-10)21-16(18-19-20-21)13-6-4-5-7-14(13)17/h4-9H,17H2,1-3H3. The number of anilines is 1. The number of nitrogens with zero attached hydrogens (tertiary/aromatic N) is 4. The van der Waals surface area contributed by atoms with E-state index in [-0.39, 0.29) is 0 Å². The third kappa shape index (κ3) is 2.27. The van der Waals surface area contributed by atoms with Crippen LogP contribution in [0.2, 0.25) is 0 Å². The quantitative estimate of drug-likeness (QED) is 0.732. The lowest BCUT2D eigenvalue weighted by atomic mass is 10.0. The highest BCUT2D eigenvalue weighted by Crippen LogP contribution is 2.28. The number of hydrogen-bond acceptors (Lipinski definition) is 4. The van der Waals surface area contributed by atoms with Gasteiger partial charge in [0.2, 0.25) is 0 Å². The molecular formula is C16H17N5. The monoisotopic (exact) mass is 279 g/mol. The molecule has 0 aliphatic heterocycles. The van der Waals surface area contributed by atoms with Crippen LogP contribution in [0.1, 0.15) is 16.7 Å². The Hall–Kier alpha value is -2.69. The van der Waals surface area contributed by atoms with Gasteiger partial charge in [-0.3, -0.25) is 0 Å². The number of nitrogen functional groups attached to an aromatic ring is 1. The van der Waals surface area contributed by atoms with Crippen molar-refractivity contribution in [1.82, 2.24) is 20.2 Å². The van der Waals surface area contributed by atoms with Gasteiger partial charge in [-0.25, -0.2) is 0 Å². The molecule has 0 unspecified atom stereocenters. The van der Waals surface area contributed by atoms with Crippen molar-refractivity contribution in [2.45, 2.75) is 20.8 Å². The summed E-state index contributed by atoms with van der Waals surface area (Å²) >= 11 is 0. The maximum atomic E-state index is 6.05. The minimum Gasteiger partial charge on any atom is -0.398 e. The van der Waals surface area contributed by atoms with Crippen molar-refractivity contribution in [3.63, 3.8) is 0 Å². The Morgan fingerprint density at radius 1 is 1.00 bits per heavy atom. The minimum atomic E-state index is 0.656. The summed E-state index contributed by atoms with van der Waals surface area (Å²) in [5.41, 5.74) is 12.0. The summed E-state index contributed by atoms with van der Waals surface area (Å²) in [5.74, 6) is 0.656. The van der Waals surface area contributed by atoms with Gasteiger partial charge in [-0.2, -0.15) is 4.68 Å². The van der Waals surface area contributed by atoms with Crippen LogP contribution in [0.4, 0.5) is 5.69 Å². The van der Waals surface area contributed by atoms with Crippen molar-refractivity contribution >= 4 is 5.69 Å². The Labute approximate surface area is 123 Å². The summed E-state index contributed by atoms with van der Waals surface area (Å²) in [6.45, 7) is 6.21. The summed E-state index contributed by atoms with van der Waals surface area (Å²) in [5, 5.41) is 12.1. The number of nitrogens with two attached hydrogens (primary N) is 1. The largest absolute Gasteiger partial charge is 0.398 e. The fourth-order valence-electron chi connectivity index (χ4n) is 2.71. The number of aromatic nitrogens is 4. The number of hydrogen-bond donors (Lipinski definition) is 1. The second-order valence-electron chi connectivity index (χ2n) is 5.25. The molecule has 0 aliphatic carbocycles. The van der Waals surface area contributed by atoms with Gasteiger partial charge in [0.25, 0.3) is 0 Å². The fraction of sp³-hybridized carbons (Fsp3) is 0.188. The van der Waals surface area contributed by atoms with Gasteiger partial charge in [0, 0.05) is 11.3 Å². The molecule has 0 amide bonds. The zero-order valence-electron chi connectivity index (χ0n) is 12.3. The molecule has 5 heteroatoms. The molecule has 2 N–H and O–H groups in total. The van der Waals surface area contributed by atoms with Crippen molar-refractivity contribution in [2.75, 3.05) is 5.73 Å². The first-order valence-electron chi connectivity index (χ1n) is 6.79. The average molecular weight is 279 g/mol. The summed E-state index contributed by atoms with van der Waals surface area (Å²) in [4.78, 5) is 0. The third-order valence-electron chi connectivity index (χ3n) is 3.52. The number of aryl methyl sites for hydroxylation is 3. The van der Waals surface area contributed by atoms with E-state index < -0.39 is 0 Å². The highest BCUT2D eigenvalue weighted by atomic mass is 15.5. The first-order chi connectivity index (χ1) is 10.1. The van der Waals surface area contributed by atoms with Gasteiger partial charge in [0.1, 0.15) is 0 Å². The van der Waals surface area contributed by atoms with Crippen molar-refractivity contribution in [3.8, 4) is 17.1 Å². The average Bonchev–Trinajstić information content (AvgIpc) is 2.87. The lowest BCUT2D eigenvalue weighted by Crippen LogP contribution is -2.06. The van der Waals surface area contributed by atoms with E-state index in [2.05, 4.69) is 48.4 Å². The van der Waals surface area contributed by atoms with Crippen molar-refractivity contribution in [3.05, 3.63) is 53.1 Å². The lowest BCUT2D eigenvalue weighted by molar-refractivity contribution is 0.783. The number of tetrazole rings is 1. The van der Waals surface area contributed by atoms with E-state index in [9.17, 15) is 0 Å². The van der Waals surface area contributed by atoms with Gasteiger partial charge in [-0.05, 0) is 54.5 Å². The maximum Gasteiger partial charge on any atom is 0.189 e. The Balaban J connectivity index is 2.24. The van der Waals surface area contributed by atoms with Gasteiger partial charge < -0.3 is 5.73 Å². The normalized spacial score (nSPS) is 10.8. The minimum absolute atomic E-state index is 0.656. The molecule has 3 rings (SSSR count). The van der Waals surface area contributed by atoms with Crippen LogP contribution in [0.15, 0.2) is 36.4 Å². The van der Waals surface area contributed by atoms with Crippen LogP contribution in [0, 0.1) is 20.8 Å². The molecule has 1 heterocycles. The molecule has 106 valence electrons. The van der Waals surface area contributed by atoms with Crippen LogP contribution < -0.4 is 5.73 Å². The molecule has 0 saturated carbocycles. The molecule has 2 aromatic carbocycles. The van der Waals surface area contributed by atoms with E-state index in [1.807, 2.05) is 24.3 Å². The molecule has 3 aromatic rings.